The summed E-state index contributed by atoms with van der Waals surface area (Å²) in [5.41, 5.74) is -0.0112. The highest BCUT2D eigenvalue weighted by Gasteiger charge is 2.03. The topological polar surface area (TPSA) is 62.0 Å². The van der Waals surface area contributed by atoms with Crippen LogP contribution in [0.1, 0.15) is 23.8 Å². The molecule has 1 amide bonds. The van der Waals surface area contributed by atoms with Gasteiger partial charge < -0.3 is 10.3 Å². The molecule has 15 heavy (non-hydrogen) atoms. The van der Waals surface area contributed by atoms with E-state index in [2.05, 4.69) is 22.1 Å². The third-order valence-electron chi connectivity index (χ3n) is 1.73. The lowest BCUT2D eigenvalue weighted by atomic mass is 10.3. The second-order valence-electron chi connectivity index (χ2n) is 2.86. The average molecular weight is 204 g/mol. The number of hydrogen-bond acceptors (Lipinski definition) is 2. The minimum atomic E-state index is -0.286. The van der Waals surface area contributed by atoms with Crippen molar-refractivity contribution < 1.29 is 4.79 Å². The molecule has 0 aliphatic heterocycles. The Kier molecular flexibility index (Phi) is 4.17. The van der Waals surface area contributed by atoms with Crippen molar-refractivity contribution in [2.24, 2.45) is 0 Å². The number of carbonyl (C=O) groups is 1. The molecule has 0 fully saturated rings. The molecule has 0 unspecified atom stereocenters. The largest absolute Gasteiger partial charge is 0.350 e. The number of carbonyl (C=O) groups excluding carboxylic acids is 1. The first-order chi connectivity index (χ1) is 7.24. The molecule has 0 aliphatic carbocycles. The van der Waals surface area contributed by atoms with Crippen molar-refractivity contribution in [3.05, 3.63) is 34.2 Å². The lowest BCUT2D eigenvalue weighted by Gasteiger charge is -2.01. The first kappa shape index (κ1) is 11.1. The van der Waals surface area contributed by atoms with Crippen LogP contribution in [-0.2, 0) is 0 Å². The zero-order valence-electron chi connectivity index (χ0n) is 8.46. The van der Waals surface area contributed by atoms with E-state index in [4.69, 9.17) is 0 Å². The van der Waals surface area contributed by atoms with Gasteiger partial charge in [0.25, 0.3) is 5.91 Å². The second-order valence-corrected chi connectivity index (χ2v) is 2.86. The maximum absolute atomic E-state index is 11.4. The molecule has 0 bridgehead atoms. The van der Waals surface area contributed by atoms with Crippen LogP contribution in [-0.4, -0.2) is 17.4 Å². The van der Waals surface area contributed by atoms with Gasteiger partial charge in [-0.15, -0.1) is 11.8 Å². The lowest BCUT2D eigenvalue weighted by molar-refractivity contribution is 0.0949. The van der Waals surface area contributed by atoms with Crippen LogP contribution in [0.4, 0.5) is 0 Å². The smallest absolute Gasteiger partial charge is 0.267 e. The minimum Gasteiger partial charge on any atom is -0.350 e. The van der Waals surface area contributed by atoms with Crippen molar-refractivity contribution in [1.29, 1.82) is 0 Å². The van der Waals surface area contributed by atoms with E-state index in [9.17, 15) is 9.59 Å². The maximum Gasteiger partial charge on any atom is 0.267 e. The van der Waals surface area contributed by atoms with Gasteiger partial charge in [0, 0.05) is 19.0 Å². The normalized spacial score (nSPS) is 8.87. The summed E-state index contributed by atoms with van der Waals surface area (Å²) in [6.45, 7) is 2.23. The van der Waals surface area contributed by atoms with E-state index in [0.29, 0.717) is 13.0 Å². The van der Waals surface area contributed by atoms with E-state index < -0.39 is 0 Å². The van der Waals surface area contributed by atoms with Crippen LogP contribution >= 0.6 is 0 Å². The summed E-state index contributed by atoms with van der Waals surface area (Å²) >= 11 is 0. The molecule has 4 heteroatoms. The Morgan fingerprint density at radius 3 is 3.00 bits per heavy atom. The molecule has 2 N–H and O–H groups in total. The number of H-pyrrole nitrogens is 1. The fraction of sp³-hybridized carbons (Fsp3) is 0.273. The van der Waals surface area contributed by atoms with E-state index in [0.717, 1.165) is 0 Å². The Labute approximate surface area is 87.7 Å². The summed E-state index contributed by atoms with van der Waals surface area (Å²) < 4.78 is 0. The summed E-state index contributed by atoms with van der Waals surface area (Å²) in [4.78, 5) is 24.8. The van der Waals surface area contributed by atoms with E-state index in [1.165, 1.54) is 6.07 Å². The Hall–Kier alpha value is -2.02. The lowest BCUT2D eigenvalue weighted by Crippen LogP contribution is -2.26. The monoisotopic (exact) mass is 204 g/mol. The van der Waals surface area contributed by atoms with Gasteiger partial charge in [0.1, 0.15) is 5.69 Å². The molecule has 0 aliphatic rings. The number of rotatable bonds is 3. The van der Waals surface area contributed by atoms with E-state index in [1.807, 2.05) is 0 Å². The van der Waals surface area contributed by atoms with Crippen molar-refractivity contribution >= 4 is 5.91 Å². The molecule has 0 atom stereocenters. The zero-order valence-corrected chi connectivity index (χ0v) is 8.46. The molecule has 1 aromatic heterocycles. The van der Waals surface area contributed by atoms with Crippen molar-refractivity contribution in [3.63, 3.8) is 0 Å². The maximum atomic E-state index is 11.4. The molecule has 1 aromatic rings. The number of aromatic amines is 1. The number of pyridine rings is 1. The molecule has 4 nitrogen and oxygen atoms in total. The molecule has 1 heterocycles. The first-order valence-electron chi connectivity index (χ1n) is 4.61. The molecule has 78 valence electrons. The second kappa shape index (κ2) is 5.66. The van der Waals surface area contributed by atoms with Crippen LogP contribution < -0.4 is 10.9 Å². The van der Waals surface area contributed by atoms with Crippen molar-refractivity contribution in [1.82, 2.24) is 10.3 Å². The summed E-state index contributed by atoms with van der Waals surface area (Å²) in [5, 5.41) is 2.65. The van der Waals surface area contributed by atoms with E-state index >= 15 is 0 Å². The summed E-state index contributed by atoms with van der Waals surface area (Å²) in [6.07, 6.45) is 0.610. The Morgan fingerprint density at radius 1 is 1.53 bits per heavy atom. The van der Waals surface area contributed by atoms with Gasteiger partial charge in [-0.05, 0) is 13.0 Å². The minimum absolute atomic E-state index is 0.270. The molecular weight excluding hydrogens is 192 g/mol. The predicted octanol–water partition coefficient (Wildman–Crippen LogP) is 0.518. The quantitative estimate of drug-likeness (QED) is 0.557. The van der Waals surface area contributed by atoms with Gasteiger partial charge >= 0.3 is 0 Å². The summed E-state index contributed by atoms with van der Waals surface area (Å²) in [5.74, 6) is 5.27. The highest BCUT2D eigenvalue weighted by atomic mass is 16.2. The molecule has 0 saturated heterocycles. The molecule has 1 rings (SSSR count). The SMILES string of the molecule is CC#CCCNC(=O)c1cccc(=O)[nH]1. The predicted molar refractivity (Wildman–Crippen MR) is 57.5 cm³/mol. The van der Waals surface area contributed by atoms with Crippen molar-refractivity contribution in [2.75, 3.05) is 6.54 Å². The van der Waals surface area contributed by atoms with Crippen LogP contribution in [0.3, 0.4) is 0 Å². The number of aromatic nitrogens is 1. The van der Waals surface area contributed by atoms with E-state index in [1.54, 1.807) is 19.1 Å². The fourth-order valence-corrected chi connectivity index (χ4v) is 1.04. The third kappa shape index (κ3) is 3.69. The highest BCUT2D eigenvalue weighted by molar-refractivity contribution is 5.92. The van der Waals surface area contributed by atoms with Crippen LogP contribution in [0.2, 0.25) is 0 Å². The molecule has 0 saturated carbocycles. The number of amides is 1. The van der Waals surface area contributed by atoms with Gasteiger partial charge in [-0.1, -0.05) is 6.07 Å². The Balaban J connectivity index is 2.53. The Morgan fingerprint density at radius 2 is 2.33 bits per heavy atom. The van der Waals surface area contributed by atoms with Gasteiger partial charge in [0.2, 0.25) is 5.56 Å². The van der Waals surface area contributed by atoms with Crippen molar-refractivity contribution in [3.8, 4) is 11.8 Å². The molecule has 0 aromatic carbocycles. The van der Waals surface area contributed by atoms with Crippen LogP contribution in [0.15, 0.2) is 23.0 Å². The fourth-order valence-electron chi connectivity index (χ4n) is 1.04. The summed E-state index contributed by atoms with van der Waals surface area (Å²) in [6, 6.07) is 4.46. The number of hydrogen-bond donors (Lipinski definition) is 2. The van der Waals surface area contributed by atoms with Crippen LogP contribution in [0, 0.1) is 11.8 Å². The van der Waals surface area contributed by atoms with Crippen LogP contribution in [0.25, 0.3) is 0 Å². The van der Waals surface area contributed by atoms with Crippen LogP contribution in [0.5, 0.6) is 0 Å². The van der Waals surface area contributed by atoms with Gasteiger partial charge in [-0.25, -0.2) is 0 Å². The zero-order chi connectivity index (χ0) is 11.1. The third-order valence-corrected chi connectivity index (χ3v) is 1.73. The van der Waals surface area contributed by atoms with Gasteiger partial charge in [0.15, 0.2) is 0 Å². The molecular formula is C11H12N2O2. The van der Waals surface area contributed by atoms with E-state index in [-0.39, 0.29) is 17.2 Å². The highest BCUT2D eigenvalue weighted by Crippen LogP contribution is 1.89. The Bertz CT molecular complexity index is 451. The van der Waals surface area contributed by atoms with Gasteiger partial charge in [-0.2, -0.15) is 0 Å². The average Bonchev–Trinajstić information content (AvgIpc) is 2.24. The first-order valence-corrected chi connectivity index (χ1v) is 4.61. The van der Waals surface area contributed by atoms with Crippen molar-refractivity contribution in [2.45, 2.75) is 13.3 Å². The molecule has 0 spiro atoms. The van der Waals surface area contributed by atoms with Gasteiger partial charge in [0.05, 0.1) is 0 Å². The number of nitrogens with one attached hydrogen (secondary N) is 2. The molecule has 0 radical (unpaired) electrons. The summed E-state index contributed by atoms with van der Waals surface area (Å²) in [7, 11) is 0. The van der Waals surface area contributed by atoms with Gasteiger partial charge in [-0.3, -0.25) is 9.59 Å². The standard InChI is InChI=1S/C11H12N2O2/c1-2-3-4-8-12-11(15)9-6-5-7-10(14)13-9/h5-7H,4,8H2,1H3,(H,12,15)(H,13,14).